The van der Waals surface area contributed by atoms with Crippen LogP contribution in [0.25, 0.3) is 0 Å². The first-order valence-electron chi connectivity index (χ1n) is 6.47. The molecule has 0 spiro atoms. The summed E-state index contributed by atoms with van der Waals surface area (Å²) < 4.78 is 0.954. The van der Waals surface area contributed by atoms with Crippen molar-refractivity contribution in [2.45, 2.75) is 43.8 Å². The minimum atomic E-state index is 0.497. The number of anilines is 1. The van der Waals surface area contributed by atoms with Crippen LogP contribution in [0.15, 0.2) is 22.7 Å². The molecule has 3 rings (SSSR count). The van der Waals surface area contributed by atoms with Crippen LogP contribution in [-0.4, -0.2) is 18.1 Å². The standard InChI is InChI=1S/C14H16BrN3/c15-10-1-4-14(9(5-10)8-16)18-13-6-11-2-3-12(7-13)17-11/h1,4-5,11-13,17-18H,2-3,6-7H2. The van der Waals surface area contributed by atoms with E-state index in [4.69, 9.17) is 5.26 Å². The van der Waals surface area contributed by atoms with Gasteiger partial charge < -0.3 is 10.6 Å². The van der Waals surface area contributed by atoms with Crippen molar-refractivity contribution in [3.05, 3.63) is 28.2 Å². The molecule has 0 saturated carbocycles. The maximum Gasteiger partial charge on any atom is 0.101 e. The van der Waals surface area contributed by atoms with Crippen molar-refractivity contribution in [3.8, 4) is 6.07 Å². The van der Waals surface area contributed by atoms with Gasteiger partial charge in [-0.3, -0.25) is 0 Å². The number of nitriles is 1. The maximum absolute atomic E-state index is 9.17. The average molecular weight is 306 g/mol. The molecule has 2 bridgehead atoms. The Kier molecular flexibility index (Phi) is 3.27. The second-order valence-electron chi connectivity index (χ2n) is 5.25. The summed E-state index contributed by atoms with van der Waals surface area (Å²) in [6.45, 7) is 0. The van der Waals surface area contributed by atoms with Gasteiger partial charge >= 0.3 is 0 Å². The fourth-order valence-corrected chi connectivity index (χ4v) is 3.49. The Balaban J connectivity index is 1.75. The normalized spacial score (nSPS) is 29.9. The van der Waals surface area contributed by atoms with Crippen molar-refractivity contribution in [2.75, 3.05) is 5.32 Å². The van der Waals surface area contributed by atoms with Crippen LogP contribution < -0.4 is 10.6 Å². The first-order chi connectivity index (χ1) is 8.74. The van der Waals surface area contributed by atoms with Crippen LogP contribution in [0.5, 0.6) is 0 Å². The molecule has 2 aliphatic rings. The molecule has 94 valence electrons. The van der Waals surface area contributed by atoms with Gasteiger partial charge in [-0.1, -0.05) is 15.9 Å². The van der Waals surface area contributed by atoms with Crippen molar-refractivity contribution in [3.63, 3.8) is 0 Å². The minimum Gasteiger partial charge on any atom is -0.381 e. The molecule has 1 aromatic carbocycles. The number of nitrogens with zero attached hydrogens (tertiary/aromatic N) is 1. The topological polar surface area (TPSA) is 47.9 Å². The predicted octanol–water partition coefficient (Wildman–Crippen LogP) is 3.02. The zero-order chi connectivity index (χ0) is 12.5. The SMILES string of the molecule is N#Cc1cc(Br)ccc1NC1CC2CCC(C1)N2. The summed E-state index contributed by atoms with van der Waals surface area (Å²) in [7, 11) is 0. The van der Waals surface area contributed by atoms with Crippen molar-refractivity contribution in [1.29, 1.82) is 5.26 Å². The maximum atomic E-state index is 9.17. The Hall–Kier alpha value is -1.05. The first kappa shape index (κ1) is 12.0. The highest BCUT2D eigenvalue weighted by molar-refractivity contribution is 9.10. The number of hydrogen-bond acceptors (Lipinski definition) is 3. The smallest absolute Gasteiger partial charge is 0.101 e. The van der Waals surface area contributed by atoms with Gasteiger partial charge in [0.05, 0.1) is 11.3 Å². The van der Waals surface area contributed by atoms with E-state index in [0.717, 1.165) is 28.6 Å². The largest absolute Gasteiger partial charge is 0.381 e. The van der Waals surface area contributed by atoms with E-state index in [1.165, 1.54) is 12.8 Å². The van der Waals surface area contributed by atoms with E-state index in [0.29, 0.717) is 18.1 Å². The molecule has 2 saturated heterocycles. The summed E-state index contributed by atoms with van der Waals surface area (Å²) in [4.78, 5) is 0. The van der Waals surface area contributed by atoms with Crippen LogP contribution >= 0.6 is 15.9 Å². The summed E-state index contributed by atoms with van der Waals surface area (Å²) in [5, 5.41) is 16.3. The molecule has 2 atom stereocenters. The molecular formula is C14H16BrN3. The zero-order valence-electron chi connectivity index (χ0n) is 10.1. The van der Waals surface area contributed by atoms with Crippen LogP contribution in [0, 0.1) is 11.3 Å². The highest BCUT2D eigenvalue weighted by Gasteiger charge is 2.33. The Morgan fingerprint density at radius 2 is 2.00 bits per heavy atom. The number of piperidine rings is 1. The summed E-state index contributed by atoms with van der Waals surface area (Å²) in [5.41, 5.74) is 1.68. The van der Waals surface area contributed by atoms with E-state index < -0.39 is 0 Å². The quantitative estimate of drug-likeness (QED) is 0.883. The van der Waals surface area contributed by atoms with Gasteiger partial charge in [0, 0.05) is 22.6 Å². The molecule has 4 heteroatoms. The molecule has 0 aliphatic carbocycles. The molecule has 2 unspecified atom stereocenters. The van der Waals surface area contributed by atoms with Gasteiger partial charge in [-0.25, -0.2) is 0 Å². The second kappa shape index (κ2) is 4.91. The molecular weight excluding hydrogens is 290 g/mol. The van der Waals surface area contributed by atoms with Gasteiger partial charge in [0.15, 0.2) is 0 Å². The van der Waals surface area contributed by atoms with Gasteiger partial charge in [-0.15, -0.1) is 0 Å². The fraction of sp³-hybridized carbons (Fsp3) is 0.500. The highest BCUT2D eigenvalue weighted by Crippen LogP contribution is 2.30. The monoisotopic (exact) mass is 305 g/mol. The van der Waals surface area contributed by atoms with E-state index in [1.54, 1.807) is 0 Å². The molecule has 2 fully saturated rings. The van der Waals surface area contributed by atoms with E-state index in [1.807, 2.05) is 18.2 Å². The molecule has 0 aromatic heterocycles. The summed E-state index contributed by atoms with van der Waals surface area (Å²) >= 11 is 3.40. The minimum absolute atomic E-state index is 0.497. The van der Waals surface area contributed by atoms with Crippen LogP contribution in [-0.2, 0) is 0 Å². The van der Waals surface area contributed by atoms with Crippen molar-refractivity contribution in [2.24, 2.45) is 0 Å². The number of rotatable bonds is 2. The van der Waals surface area contributed by atoms with Gasteiger partial charge in [-0.05, 0) is 43.9 Å². The molecule has 0 amide bonds. The Morgan fingerprint density at radius 1 is 1.28 bits per heavy atom. The zero-order valence-corrected chi connectivity index (χ0v) is 11.7. The van der Waals surface area contributed by atoms with Crippen LogP contribution in [0.2, 0.25) is 0 Å². The molecule has 2 aliphatic heterocycles. The Bertz CT molecular complexity index is 482. The number of fused-ring (bicyclic) bond motifs is 2. The third-order valence-electron chi connectivity index (χ3n) is 3.93. The van der Waals surface area contributed by atoms with E-state index in [-0.39, 0.29) is 0 Å². The molecule has 3 nitrogen and oxygen atoms in total. The summed E-state index contributed by atoms with van der Waals surface area (Å²) in [6, 6.07) is 9.94. The fourth-order valence-electron chi connectivity index (χ4n) is 3.13. The van der Waals surface area contributed by atoms with Crippen LogP contribution in [0.1, 0.15) is 31.2 Å². The molecule has 2 heterocycles. The van der Waals surface area contributed by atoms with Gasteiger partial charge in [-0.2, -0.15) is 5.26 Å². The average Bonchev–Trinajstić information content (AvgIpc) is 2.71. The van der Waals surface area contributed by atoms with E-state index in [2.05, 4.69) is 32.6 Å². The summed E-state index contributed by atoms with van der Waals surface area (Å²) in [6.07, 6.45) is 4.93. The van der Waals surface area contributed by atoms with Crippen molar-refractivity contribution >= 4 is 21.6 Å². The molecule has 2 N–H and O–H groups in total. The van der Waals surface area contributed by atoms with Crippen LogP contribution in [0.4, 0.5) is 5.69 Å². The first-order valence-corrected chi connectivity index (χ1v) is 7.26. The van der Waals surface area contributed by atoms with Gasteiger partial charge in [0.1, 0.15) is 6.07 Å². The van der Waals surface area contributed by atoms with E-state index >= 15 is 0 Å². The highest BCUT2D eigenvalue weighted by atomic mass is 79.9. The number of hydrogen-bond donors (Lipinski definition) is 2. The number of benzene rings is 1. The van der Waals surface area contributed by atoms with Crippen molar-refractivity contribution in [1.82, 2.24) is 5.32 Å². The van der Waals surface area contributed by atoms with Crippen molar-refractivity contribution < 1.29 is 0 Å². The lowest BCUT2D eigenvalue weighted by molar-refractivity contribution is 0.378. The van der Waals surface area contributed by atoms with E-state index in [9.17, 15) is 0 Å². The molecule has 1 aromatic rings. The Morgan fingerprint density at radius 3 is 2.67 bits per heavy atom. The van der Waals surface area contributed by atoms with Gasteiger partial charge in [0.25, 0.3) is 0 Å². The lowest BCUT2D eigenvalue weighted by atomic mass is 9.99. The predicted molar refractivity (Wildman–Crippen MR) is 75.4 cm³/mol. The lowest BCUT2D eigenvalue weighted by Gasteiger charge is -2.30. The second-order valence-corrected chi connectivity index (χ2v) is 6.17. The molecule has 0 radical (unpaired) electrons. The number of halogens is 1. The Labute approximate surface area is 116 Å². The molecule has 18 heavy (non-hydrogen) atoms. The third kappa shape index (κ3) is 2.38. The summed E-state index contributed by atoms with van der Waals surface area (Å²) in [5.74, 6) is 0. The third-order valence-corrected chi connectivity index (χ3v) is 4.43. The lowest BCUT2D eigenvalue weighted by Crippen LogP contribution is -2.43. The van der Waals surface area contributed by atoms with Crippen LogP contribution in [0.3, 0.4) is 0 Å². The number of nitrogens with one attached hydrogen (secondary N) is 2. The van der Waals surface area contributed by atoms with Gasteiger partial charge in [0.2, 0.25) is 0 Å².